The number of rotatable bonds is 11. The minimum Gasteiger partial charge on any atom is -0.390 e. The third-order valence-corrected chi connectivity index (χ3v) is 8.69. The predicted octanol–water partition coefficient (Wildman–Crippen LogP) is 6.36. The number of aliphatic hydroxyl groups is 1. The molecule has 2 amide bonds. The Morgan fingerprint density at radius 2 is 1.75 bits per heavy atom. The highest BCUT2D eigenvalue weighted by molar-refractivity contribution is 14.1. The van der Waals surface area contributed by atoms with Crippen LogP contribution in [-0.2, 0) is 24.3 Å². The molecule has 10 heteroatoms. The number of amides is 2. The van der Waals surface area contributed by atoms with E-state index in [0.717, 1.165) is 20.8 Å². The molecule has 0 spiro atoms. The van der Waals surface area contributed by atoms with Crippen molar-refractivity contribution >= 4 is 51.7 Å². The van der Waals surface area contributed by atoms with E-state index in [2.05, 4.69) is 33.2 Å². The largest absolute Gasteiger partial charge is 0.390 e. The normalized spacial score (nSPS) is 14.7. The van der Waals surface area contributed by atoms with Gasteiger partial charge in [0.15, 0.2) is 0 Å². The molecule has 0 radical (unpaired) electrons. The number of halogens is 4. The third kappa shape index (κ3) is 7.63. The number of carbonyl (C=O) groups excluding carboxylic acids is 2. The number of anilines is 1. The van der Waals surface area contributed by atoms with Crippen molar-refractivity contribution in [3.63, 3.8) is 0 Å². The molecule has 228 valence electrons. The van der Waals surface area contributed by atoms with E-state index < -0.39 is 35.6 Å². The topological polar surface area (TPSA) is 81.7 Å². The van der Waals surface area contributed by atoms with Crippen LogP contribution in [0.2, 0.25) is 5.02 Å². The molecule has 5 rings (SSSR count). The van der Waals surface area contributed by atoms with Crippen molar-refractivity contribution in [3.8, 4) is 0 Å². The monoisotopic (exact) mass is 729 g/mol. The molecule has 0 aromatic heterocycles. The van der Waals surface area contributed by atoms with E-state index in [1.807, 2.05) is 42.5 Å². The maximum absolute atomic E-state index is 14.0. The van der Waals surface area contributed by atoms with Crippen LogP contribution in [0.4, 0.5) is 14.5 Å². The summed E-state index contributed by atoms with van der Waals surface area (Å²) < 4.78 is 29.0. The fourth-order valence-electron chi connectivity index (χ4n) is 5.34. The van der Waals surface area contributed by atoms with Crippen molar-refractivity contribution in [1.29, 1.82) is 0 Å². The molecular formula is C34H31ClF2IN3O3. The van der Waals surface area contributed by atoms with Crippen LogP contribution in [0.15, 0.2) is 84.9 Å². The second kappa shape index (κ2) is 14.2. The summed E-state index contributed by atoms with van der Waals surface area (Å²) in [6.07, 6.45) is -1.05. The first kappa shape index (κ1) is 32.0. The third-order valence-electron chi connectivity index (χ3n) is 7.72. The van der Waals surface area contributed by atoms with Crippen LogP contribution in [0.1, 0.15) is 45.5 Å². The van der Waals surface area contributed by atoms with E-state index in [1.165, 1.54) is 12.1 Å². The SMILES string of the molecule is CC(C(=O)N[C@@H](Cc1cc(F)cc(F)c1)[C@@H](O)CNCc1cccc(I)c1)c1ccc(N2Cc3ccccc3C2=O)c(Cl)c1. The standard InChI is InChI=1S/C34H31ClF2IN3O3/c1-20(23-9-10-31(29(35)15-23)41-19-24-6-2-3-8-28(24)34(41)44)33(43)40-30(14-22-11-25(36)16-26(37)12-22)32(42)18-39-17-21-5-4-7-27(38)13-21/h2-13,15-16,20,30,32,39,42H,14,17-19H2,1H3,(H,40,43)/t20?,30-,32-/m0/s1. The number of nitrogens with one attached hydrogen (secondary N) is 2. The molecule has 44 heavy (non-hydrogen) atoms. The van der Waals surface area contributed by atoms with Crippen LogP contribution in [0.25, 0.3) is 0 Å². The van der Waals surface area contributed by atoms with E-state index in [1.54, 1.807) is 36.1 Å². The van der Waals surface area contributed by atoms with Crippen LogP contribution in [0.3, 0.4) is 0 Å². The molecule has 1 aliphatic rings. The van der Waals surface area contributed by atoms with Crippen molar-refractivity contribution < 1.29 is 23.5 Å². The molecule has 1 unspecified atom stereocenters. The summed E-state index contributed by atoms with van der Waals surface area (Å²) in [4.78, 5) is 28.0. The van der Waals surface area contributed by atoms with Crippen molar-refractivity contribution in [3.05, 3.63) is 133 Å². The number of nitrogens with zero attached hydrogens (tertiary/aromatic N) is 1. The summed E-state index contributed by atoms with van der Waals surface area (Å²) in [5.74, 6) is -2.68. The number of hydrogen-bond donors (Lipinski definition) is 3. The van der Waals surface area contributed by atoms with E-state index in [-0.39, 0.29) is 18.9 Å². The number of fused-ring (bicyclic) bond motifs is 1. The van der Waals surface area contributed by atoms with E-state index in [4.69, 9.17) is 11.6 Å². The molecule has 4 aromatic rings. The summed E-state index contributed by atoms with van der Waals surface area (Å²) in [7, 11) is 0. The van der Waals surface area contributed by atoms with Gasteiger partial charge < -0.3 is 20.6 Å². The number of aliphatic hydroxyl groups excluding tert-OH is 1. The van der Waals surface area contributed by atoms with Crippen LogP contribution >= 0.6 is 34.2 Å². The van der Waals surface area contributed by atoms with Gasteiger partial charge in [-0.15, -0.1) is 0 Å². The van der Waals surface area contributed by atoms with Gasteiger partial charge in [-0.2, -0.15) is 0 Å². The zero-order chi connectivity index (χ0) is 31.4. The second-order valence-electron chi connectivity index (χ2n) is 10.9. The maximum Gasteiger partial charge on any atom is 0.258 e. The molecule has 0 fully saturated rings. The molecule has 6 nitrogen and oxygen atoms in total. The van der Waals surface area contributed by atoms with E-state index in [0.29, 0.717) is 40.5 Å². The summed E-state index contributed by atoms with van der Waals surface area (Å²) in [6, 6.07) is 22.7. The molecule has 4 aromatic carbocycles. The van der Waals surface area contributed by atoms with Crippen molar-refractivity contribution in [2.45, 2.75) is 44.5 Å². The number of carbonyl (C=O) groups is 2. The zero-order valence-corrected chi connectivity index (χ0v) is 26.8. The van der Waals surface area contributed by atoms with Gasteiger partial charge in [0.1, 0.15) is 11.6 Å². The fourth-order valence-corrected chi connectivity index (χ4v) is 6.24. The predicted molar refractivity (Wildman–Crippen MR) is 176 cm³/mol. The fraction of sp³-hybridized carbons (Fsp3) is 0.235. The summed E-state index contributed by atoms with van der Waals surface area (Å²) in [5.41, 5.74) is 4.05. The quantitative estimate of drug-likeness (QED) is 0.157. The van der Waals surface area contributed by atoms with E-state index in [9.17, 15) is 23.5 Å². The van der Waals surface area contributed by atoms with Gasteiger partial charge in [-0.25, -0.2) is 8.78 Å². The van der Waals surface area contributed by atoms with Gasteiger partial charge in [0, 0.05) is 28.3 Å². The van der Waals surface area contributed by atoms with Crippen LogP contribution in [-0.4, -0.2) is 35.6 Å². The summed E-state index contributed by atoms with van der Waals surface area (Å²) >= 11 is 8.86. The van der Waals surface area contributed by atoms with Gasteiger partial charge in [-0.1, -0.05) is 48.0 Å². The minimum atomic E-state index is -1.06. The Morgan fingerprint density at radius 3 is 2.45 bits per heavy atom. The number of benzene rings is 4. The van der Waals surface area contributed by atoms with Crippen LogP contribution < -0.4 is 15.5 Å². The smallest absolute Gasteiger partial charge is 0.258 e. The Bertz CT molecular complexity index is 1670. The maximum atomic E-state index is 14.0. The zero-order valence-electron chi connectivity index (χ0n) is 23.9. The first-order chi connectivity index (χ1) is 21.1. The molecule has 0 saturated carbocycles. The molecule has 0 saturated heterocycles. The van der Waals surface area contributed by atoms with E-state index >= 15 is 0 Å². The van der Waals surface area contributed by atoms with Crippen molar-refractivity contribution in [2.75, 3.05) is 11.4 Å². The molecule has 0 bridgehead atoms. The second-order valence-corrected chi connectivity index (χ2v) is 12.6. The Hall–Kier alpha value is -3.38. The Balaban J connectivity index is 1.29. The lowest BCUT2D eigenvalue weighted by molar-refractivity contribution is -0.123. The summed E-state index contributed by atoms with van der Waals surface area (Å²) in [5, 5.41) is 17.5. The first-order valence-corrected chi connectivity index (χ1v) is 15.6. The molecular weight excluding hydrogens is 699 g/mol. The van der Waals surface area contributed by atoms with Crippen LogP contribution in [0, 0.1) is 15.2 Å². The molecule has 3 N–H and O–H groups in total. The highest BCUT2D eigenvalue weighted by Crippen LogP contribution is 2.35. The van der Waals surface area contributed by atoms with Gasteiger partial charge in [0.05, 0.1) is 35.3 Å². The van der Waals surface area contributed by atoms with Gasteiger partial charge >= 0.3 is 0 Å². The highest BCUT2D eigenvalue weighted by Gasteiger charge is 2.30. The molecule has 0 aliphatic carbocycles. The average molecular weight is 730 g/mol. The highest BCUT2D eigenvalue weighted by atomic mass is 127. The van der Waals surface area contributed by atoms with Gasteiger partial charge in [-0.05, 0) is 101 Å². The Kier molecular flexibility index (Phi) is 10.3. The van der Waals surface area contributed by atoms with Crippen molar-refractivity contribution in [1.82, 2.24) is 10.6 Å². The first-order valence-electron chi connectivity index (χ1n) is 14.2. The average Bonchev–Trinajstić information content (AvgIpc) is 3.31. The van der Waals surface area contributed by atoms with Gasteiger partial charge in [0.2, 0.25) is 5.91 Å². The Morgan fingerprint density at radius 1 is 1.00 bits per heavy atom. The molecule has 1 aliphatic heterocycles. The lowest BCUT2D eigenvalue weighted by Gasteiger charge is -2.27. The van der Waals surface area contributed by atoms with Gasteiger partial charge in [0.25, 0.3) is 5.91 Å². The number of hydrogen-bond acceptors (Lipinski definition) is 4. The van der Waals surface area contributed by atoms with Crippen molar-refractivity contribution in [2.24, 2.45) is 0 Å². The molecule has 1 heterocycles. The Labute approximate surface area is 273 Å². The van der Waals surface area contributed by atoms with Crippen LogP contribution in [0.5, 0.6) is 0 Å². The lowest BCUT2D eigenvalue weighted by Crippen LogP contribution is -2.49. The molecule has 3 atom stereocenters. The summed E-state index contributed by atoms with van der Waals surface area (Å²) in [6.45, 7) is 2.74. The van der Waals surface area contributed by atoms with Gasteiger partial charge in [-0.3, -0.25) is 9.59 Å². The minimum absolute atomic E-state index is 0.0105. The lowest BCUT2D eigenvalue weighted by atomic mass is 9.96.